The Morgan fingerprint density at radius 3 is 2.54 bits per heavy atom. The SMILES string of the molecule is CC(F)(F)c1ccc(N=C(N)N2CC=C(c3ncc(-c4ncon4)cc3Cl)CC2)cc1Cl.CCO. The van der Waals surface area contributed by atoms with Gasteiger partial charge in [0.1, 0.15) is 0 Å². The van der Waals surface area contributed by atoms with Gasteiger partial charge in [-0.3, -0.25) is 4.98 Å². The molecule has 8 nitrogen and oxygen atoms in total. The summed E-state index contributed by atoms with van der Waals surface area (Å²) >= 11 is 12.4. The van der Waals surface area contributed by atoms with Crippen molar-refractivity contribution in [3.05, 3.63) is 64.2 Å². The van der Waals surface area contributed by atoms with Crippen molar-refractivity contribution >= 4 is 40.4 Å². The largest absolute Gasteiger partial charge is 0.397 e. The van der Waals surface area contributed by atoms with Crippen LogP contribution < -0.4 is 5.73 Å². The number of aliphatic imine (C=N–C) groups is 1. The second kappa shape index (κ2) is 11.6. The molecule has 0 bridgehead atoms. The molecule has 0 atom stereocenters. The molecule has 0 fully saturated rings. The number of nitrogens with zero attached hydrogens (tertiary/aromatic N) is 5. The van der Waals surface area contributed by atoms with Gasteiger partial charge in [0.05, 0.1) is 21.4 Å². The quantitative estimate of drug-likeness (QED) is 0.352. The summed E-state index contributed by atoms with van der Waals surface area (Å²) in [7, 11) is 0. The van der Waals surface area contributed by atoms with Crippen LogP contribution in [0.2, 0.25) is 10.0 Å². The number of nitrogens with two attached hydrogens (primary N) is 1. The number of aliphatic hydroxyl groups is 1. The monoisotopic (exact) mass is 524 g/mol. The van der Waals surface area contributed by atoms with Gasteiger partial charge >= 0.3 is 0 Å². The molecule has 12 heteroatoms. The van der Waals surface area contributed by atoms with Crippen LogP contribution in [0.15, 0.2) is 52.4 Å². The zero-order valence-corrected chi connectivity index (χ0v) is 20.6. The first-order chi connectivity index (χ1) is 16.6. The molecule has 0 spiro atoms. The fraction of sp³-hybridized carbons (Fsp3) is 0.304. The molecule has 4 rings (SSSR count). The van der Waals surface area contributed by atoms with Gasteiger partial charge in [-0.2, -0.15) is 4.98 Å². The van der Waals surface area contributed by atoms with E-state index in [-0.39, 0.29) is 23.2 Å². The van der Waals surface area contributed by atoms with Gasteiger partial charge in [-0.1, -0.05) is 34.4 Å². The Labute approximate surface area is 211 Å². The number of rotatable bonds is 4. The number of aromatic nitrogens is 3. The highest BCUT2D eigenvalue weighted by molar-refractivity contribution is 6.32. The maximum atomic E-state index is 13.5. The van der Waals surface area contributed by atoms with Crippen LogP contribution in [-0.4, -0.2) is 50.8 Å². The third kappa shape index (κ3) is 6.74. The van der Waals surface area contributed by atoms with E-state index in [0.29, 0.717) is 47.3 Å². The molecular formula is C23H24Cl2F2N6O2. The summed E-state index contributed by atoms with van der Waals surface area (Å²) in [6.45, 7) is 3.81. The third-order valence-electron chi connectivity index (χ3n) is 4.97. The standard InChI is InChI=1S/C21H18Cl2F2N6O.C2H6O/c1-21(24,25)15-3-2-14(9-16(15)22)29-20(26)31-6-4-12(5-7-31)18-17(23)8-13(10-27-18)19-28-11-32-30-19;1-2-3/h2-4,8-11H,5-7H2,1H3,(H2,26,29);3H,2H2,1H3. The molecule has 3 aromatic rings. The van der Waals surface area contributed by atoms with Gasteiger partial charge in [0.25, 0.3) is 5.92 Å². The van der Waals surface area contributed by atoms with Gasteiger partial charge in [0.15, 0.2) is 5.96 Å². The average molecular weight is 525 g/mol. The molecule has 0 amide bonds. The summed E-state index contributed by atoms with van der Waals surface area (Å²) < 4.78 is 31.8. The smallest absolute Gasteiger partial charge is 0.271 e. The first kappa shape index (κ1) is 26.5. The maximum Gasteiger partial charge on any atom is 0.271 e. The van der Waals surface area contributed by atoms with E-state index in [1.165, 1.54) is 24.6 Å². The van der Waals surface area contributed by atoms with E-state index in [1.807, 2.05) is 11.0 Å². The van der Waals surface area contributed by atoms with Crippen molar-refractivity contribution in [2.75, 3.05) is 19.7 Å². The molecule has 2 aromatic heterocycles. The topological polar surface area (TPSA) is 114 Å². The predicted molar refractivity (Wildman–Crippen MR) is 132 cm³/mol. The normalized spacial score (nSPS) is 14.3. The van der Waals surface area contributed by atoms with Crippen LogP contribution in [0.4, 0.5) is 14.5 Å². The fourth-order valence-corrected chi connectivity index (χ4v) is 3.95. The number of aliphatic hydroxyl groups excluding tert-OH is 1. The Morgan fingerprint density at radius 2 is 2.00 bits per heavy atom. The molecule has 1 aliphatic heterocycles. The Kier molecular flexibility index (Phi) is 8.76. The Morgan fingerprint density at radius 1 is 1.26 bits per heavy atom. The van der Waals surface area contributed by atoms with E-state index in [1.54, 1.807) is 19.2 Å². The molecule has 1 aromatic carbocycles. The number of guanidine groups is 1. The third-order valence-corrected chi connectivity index (χ3v) is 5.57. The number of pyridine rings is 1. The summed E-state index contributed by atoms with van der Waals surface area (Å²) in [5, 5.41) is 11.8. The minimum atomic E-state index is -3.03. The van der Waals surface area contributed by atoms with Crippen molar-refractivity contribution in [1.29, 1.82) is 0 Å². The molecular weight excluding hydrogens is 501 g/mol. The van der Waals surface area contributed by atoms with E-state index in [4.69, 9.17) is 38.6 Å². The second-order valence-corrected chi connectivity index (χ2v) is 8.39. The van der Waals surface area contributed by atoms with Crippen molar-refractivity contribution in [2.24, 2.45) is 10.7 Å². The summed E-state index contributed by atoms with van der Waals surface area (Å²) in [6.07, 6.45) is 5.50. The first-order valence-corrected chi connectivity index (χ1v) is 11.4. The van der Waals surface area contributed by atoms with Gasteiger partial charge in [-0.05, 0) is 43.2 Å². The van der Waals surface area contributed by atoms with E-state index in [0.717, 1.165) is 12.5 Å². The lowest BCUT2D eigenvalue weighted by molar-refractivity contribution is 0.0176. The zero-order valence-electron chi connectivity index (χ0n) is 19.1. The van der Waals surface area contributed by atoms with E-state index < -0.39 is 5.92 Å². The average Bonchev–Trinajstić information content (AvgIpc) is 3.34. The van der Waals surface area contributed by atoms with Gasteiger partial charge in [-0.25, -0.2) is 13.8 Å². The molecule has 186 valence electrons. The molecule has 0 aliphatic carbocycles. The van der Waals surface area contributed by atoms with Crippen LogP contribution in [0.3, 0.4) is 0 Å². The molecule has 0 saturated carbocycles. The second-order valence-electron chi connectivity index (χ2n) is 7.57. The summed E-state index contributed by atoms with van der Waals surface area (Å²) in [5.74, 6) is -2.36. The molecule has 3 N–H and O–H groups in total. The molecule has 0 radical (unpaired) electrons. The molecule has 1 aliphatic rings. The Hall–Kier alpha value is -3.08. The zero-order chi connectivity index (χ0) is 25.6. The summed E-state index contributed by atoms with van der Waals surface area (Å²) in [4.78, 5) is 14.6. The molecule has 3 heterocycles. The van der Waals surface area contributed by atoms with E-state index in [2.05, 4.69) is 20.1 Å². The highest BCUT2D eigenvalue weighted by Gasteiger charge is 2.27. The number of benzene rings is 1. The molecule has 0 saturated heterocycles. The van der Waals surface area contributed by atoms with Crippen molar-refractivity contribution in [1.82, 2.24) is 20.0 Å². The predicted octanol–water partition coefficient (Wildman–Crippen LogP) is 5.28. The molecule has 0 unspecified atom stereocenters. The highest BCUT2D eigenvalue weighted by atomic mass is 35.5. The molecule has 35 heavy (non-hydrogen) atoms. The highest BCUT2D eigenvalue weighted by Crippen LogP contribution is 2.35. The lowest BCUT2D eigenvalue weighted by Crippen LogP contribution is -2.39. The van der Waals surface area contributed by atoms with E-state index in [9.17, 15) is 8.78 Å². The van der Waals surface area contributed by atoms with Gasteiger partial charge in [0, 0.05) is 43.9 Å². The Balaban J connectivity index is 0.00000108. The van der Waals surface area contributed by atoms with Crippen molar-refractivity contribution in [2.45, 2.75) is 26.2 Å². The van der Waals surface area contributed by atoms with Crippen LogP contribution in [0.1, 0.15) is 31.5 Å². The number of alkyl halides is 2. The van der Waals surface area contributed by atoms with Crippen LogP contribution in [-0.2, 0) is 5.92 Å². The van der Waals surface area contributed by atoms with Crippen LogP contribution in [0, 0.1) is 0 Å². The van der Waals surface area contributed by atoms with Gasteiger partial charge in [0.2, 0.25) is 12.2 Å². The lowest BCUT2D eigenvalue weighted by Gasteiger charge is -2.27. The number of hydrogen-bond acceptors (Lipinski definition) is 6. The summed E-state index contributed by atoms with van der Waals surface area (Å²) in [5.41, 5.74) is 8.60. The number of hydrogen-bond donors (Lipinski definition) is 2. The van der Waals surface area contributed by atoms with E-state index >= 15 is 0 Å². The lowest BCUT2D eigenvalue weighted by atomic mass is 10.0. The van der Waals surface area contributed by atoms with Crippen LogP contribution in [0.25, 0.3) is 17.0 Å². The van der Waals surface area contributed by atoms with Crippen molar-refractivity contribution in [3.8, 4) is 11.4 Å². The minimum Gasteiger partial charge on any atom is -0.397 e. The van der Waals surface area contributed by atoms with Crippen LogP contribution >= 0.6 is 23.2 Å². The van der Waals surface area contributed by atoms with Gasteiger partial charge < -0.3 is 20.3 Å². The first-order valence-electron chi connectivity index (χ1n) is 10.6. The van der Waals surface area contributed by atoms with Crippen molar-refractivity contribution < 1.29 is 18.4 Å². The minimum absolute atomic E-state index is 0.0580. The summed E-state index contributed by atoms with van der Waals surface area (Å²) in [6, 6.07) is 5.84. The number of halogens is 4. The van der Waals surface area contributed by atoms with Gasteiger partial charge in [-0.15, -0.1) is 0 Å². The Bertz CT molecular complexity index is 1210. The van der Waals surface area contributed by atoms with Crippen LogP contribution in [0.5, 0.6) is 0 Å². The maximum absolute atomic E-state index is 13.5. The fourth-order valence-electron chi connectivity index (χ4n) is 3.32. The van der Waals surface area contributed by atoms with Crippen molar-refractivity contribution in [3.63, 3.8) is 0 Å².